The summed E-state index contributed by atoms with van der Waals surface area (Å²) in [4.78, 5) is 40.1. The van der Waals surface area contributed by atoms with E-state index in [0.717, 1.165) is 12.0 Å². The van der Waals surface area contributed by atoms with Crippen molar-refractivity contribution in [1.82, 2.24) is 4.90 Å². The number of carboxylic acids is 1. The van der Waals surface area contributed by atoms with Gasteiger partial charge in [-0.25, -0.2) is 4.79 Å². The van der Waals surface area contributed by atoms with Crippen LogP contribution in [-0.2, 0) is 16.0 Å². The van der Waals surface area contributed by atoms with Gasteiger partial charge in [0.25, 0.3) is 5.91 Å². The Morgan fingerprint density at radius 3 is 2.56 bits per heavy atom. The summed E-state index contributed by atoms with van der Waals surface area (Å²) in [6.07, 6.45) is 1.94. The molecule has 2 aliphatic heterocycles. The van der Waals surface area contributed by atoms with Crippen LogP contribution in [0.5, 0.6) is 0 Å². The van der Waals surface area contributed by atoms with E-state index in [0.29, 0.717) is 42.7 Å². The molecule has 0 aliphatic carbocycles. The molecule has 1 fully saturated rings. The Labute approximate surface area is 157 Å². The summed E-state index contributed by atoms with van der Waals surface area (Å²) < 4.78 is 0. The lowest BCUT2D eigenvalue weighted by Crippen LogP contribution is -2.43. The number of aliphatic carboxylic acids is 1. The highest BCUT2D eigenvalue weighted by Crippen LogP contribution is 2.32. The zero-order chi connectivity index (χ0) is 19.0. The third kappa shape index (κ3) is 3.07. The average Bonchev–Trinajstić information content (AvgIpc) is 3.12. The molecule has 138 valence electrons. The molecular formula is C21H20N2O4. The predicted molar refractivity (Wildman–Crippen MR) is 99.6 cm³/mol. The summed E-state index contributed by atoms with van der Waals surface area (Å²) in [7, 11) is 0. The number of nitrogens with zero attached hydrogens (tertiary/aromatic N) is 2. The van der Waals surface area contributed by atoms with Crippen molar-refractivity contribution in [2.45, 2.75) is 25.3 Å². The summed E-state index contributed by atoms with van der Waals surface area (Å²) in [5, 5.41) is 9.77. The van der Waals surface area contributed by atoms with Gasteiger partial charge in [0.15, 0.2) is 6.04 Å². The van der Waals surface area contributed by atoms with Crippen LogP contribution >= 0.6 is 0 Å². The number of anilines is 1. The standard InChI is InChI=1S/C21H20N2O4/c24-18-9-4-11-22(18)16-7-3-6-15(13-16)20(25)23-12-10-14-5-1-2-8-17(14)19(23)21(26)27/h1-3,5-8,13,19H,4,9-12H2,(H,26,27). The number of carboxylic acid groups (broad SMARTS) is 1. The molecule has 1 saturated heterocycles. The number of carbonyl (C=O) groups is 3. The predicted octanol–water partition coefficient (Wildman–Crippen LogP) is 2.64. The van der Waals surface area contributed by atoms with Crippen LogP contribution in [-0.4, -0.2) is 40.9 Å². The maximum absolute atomic E-state index is 13.1. The van der Waals surface area contributed by atoms with Crippen LogP contribution in [0.15, 0.2) is 48.5 Å². The Morgan fingerprint density at radius 1 is 1.00 bits per heavy atom. The molecule has 0 radical (unpaired) electrons. The largest absolute Gasteiger partial charge is 0.479 e. The van der Waals surface area contributed by atoms with Crippen LogP contribution < -0.4 is 4.90 Å². The molecule has 1 unspecified atom stereocenters. The highest BCUT2D eigenvalue weighted by molar-refractivity contribution is 6.00. The summed E-state index contributed by atoms with van der Waals surface area (Å²) in [5.74, 6) is -1.32. The molecule has 0 spiro atoms. The van der Waals surface area contributed by atoms with Crippen LogP contribution in [0.25, 0.3) is 0 Å². The van der Waals surface area contributed by atoms with E-state index in [1.54, 1.807) is 41.3 Å². The van der Waals surface area contributed by atoms with Gasteiger partial charge in [0, 0.05) is 30.8 Å². The fourth-order valence-corrected chi connectivity index (χ4v) is 3.95. The highest BCUT2D eigenvalue weighted by Gasteiger charge is 2.36. The number of amides is 2. The molecule has 2 aromatic carbocycles. The summed E-state index contributed by atoms with van der Waals surface area (Å²) in [6, 6.07) is 13.3. The first-order chi connectivity index (χ1) is 13.1. The molecule has 1 N–H and O–H groups in total. The van der Waals surface area contributed by atoms with Crippen LogP contribution in [0.2, 0.25) is 0 Å². The van der Waals surface area contributed by atoms with Gasteiger partial charge in [0.05, 0.1) is 0 Å². The Balaban J connectivity index is 1.66. The number of rotatable bonds is 3. The molecule has 2 aromatic rings. The first-order valence-corrected chi connectivity index (χ1v) is 9.08. The number of hydrogen-bond donors (Lipinski definition) is 1. The monoisotopic (exact) mass is 364 g/mol. The van der Waals surface area contributed by atoms with Crippen molar-refractivity contribution in [2.75, 3.05) is 18.0 Å². The van der Waals surface area contributed by atoms with Crippen molar-refractivity contribution >= 4 is 23.5 Å². The van der Waals surface area contributed by atoms with Gasteiger partial charge in [-0.05, 0) is 42.2 Å². The molecule has 0 aromatic heterocycles. The molecule has 2 heterocycles. The summed E-state index contributed by atoms with van der Waals surface area (Å²) in [5.41, 5.74) is 2.71. The second-order valence-corrected chi connectivity index (χ2v) is 6.89. The fraction of sp³-hybridized carbons (Fsp3) is 0.286. The Kier molecular flexibility index (Phi) is 4.39. The van der Waals surface area contributed by atoms with Crippen molar-refractivity contribution < 1.29 is 19.5 Å². The van der Waals surface area contributed by atoms with Gasteiger partial charge in [0.1, 0.15) is 0 Å². The lowest BCUT2D eigenvalue weighted by Gasteiger charge is -2.35. The average molecular weight is 364 g/mol. The first-order valence-electron chi connectivity index (χ1n) is 9.08. The van der Waals surface area contributed by atoms with Gasteiger partial charge >= 0.3 is 5.97 Å². The highest BCUT2D eigenvalue weighted by atomic mass is 16.4. The quantitative estimate of drug-likeness (QED) is 0.908. The number of benzene rings is 2. The SMILES string of the molecule is O=C(O)C1c2ccccc2CCN1C(=O)c1cccc(N2CCCC2=O)c1. The molecule has 0 bridgehead atoms. The number of carbonyl (C=O) groups excluding carboxylic acids is 2. The van der Waals surface area contributed by atoms with Crippen LogP contribution in [0.4, 0.5) is 5.69 Å². The number of fused-ring (bicyclic) bond motifs is 1. The molecule has 2 amide bonds. The topological polar surface area (TPSA) is 77.9 Å². The van der Waals surface area contributed by atoms with Crippen LogP contribution in [0.3, 0.4) is 0 Å². The van der Waals surface area contributed by atoms with E-state index in [1.165, 1.54) is 4.90 Å². The summed E-state index contributed by atoms with van der Waals surface area (Å²) >= 11 is 0. The minimum atomic E-state index is -1.04. The Hall–Kier alpha value is -3.15. The molecule has 27 heavy (non-hydrogen) atoms. The third-order valence-electron chi connectivity index (χ3n) is 5.26. The van der Waals surface area contributed by atoms with Crippen molar-refractivity contribution in [3.05, 3.63) is 65.2 Å². The maximum atomic E-state index is 13.1. The van der Waals surface area contributed by atoms with E-state index in [9.17, 15) is 19.5 Å². The zero-order valence-corrected chi connectivity index (χ0v) is 14.8. The van der Waals surface area contributed by atoms with Crippen molar-refractivity contribution in [1.29, 1.82) is 0 Å². The van der Waals surface area contributed by atoms with Crippen LogP contribution in [0, 0.1) is 0 Å². The van der Waals surface area contributed by atoms with E-state index in [1.807, 2.05) is 12.1 Å². The molecule has 6 heteroatoms. The van der Waals surface area contributed by atoms with Crippen LogP contribution in [0.1, 0.15) is 40.4 Å². The Bertz CT molecular complexity index is 924. The van der Waals surface area contributed by atoms with E-state index < -0.39 is 12.0 Å². The molecule has 6 nitrogen and oxygen atoms in total. The number of hydrogen-bond acceptors (Lipinski definition) is 3. The zero-order valence-electron chi connectivity index (χ0n) is 14.8. The minimum Gasteiger partial charge on any atom is -0.479 e. The van der Waals surface area contributed by atoms with Gasteiger partial charge in [-0.1, -0.05) is 30.3 Å². The fourth-order valence-electron chi connectivity index (χ4n) is 3.95. The normalized spacial score (nSPS) is 19.1. The third-order valence-corrected chi connectivity index (χ3v) is 5.26. The van der Waals surface area contributed by atoms with Gasteiger partial charge in [-0.3, -0.25) is 9.59 Å². The van der Waals surface area contributed by atoms with Crippen molar-refractivity contribution in [2.24, 2.45) is 0 Å². The molecule has 1 atom stereocenters. The smallest absolute Gasteiger partial charge is 0.331 e. The van der Waals surface area contributed by atoms with Gasteiger partial charge in [-0.2, -0.15) is 0 Å². The van der Waals surface area contributed by atoms with Crippen molar-refractivity contribution in [3.8, 4) is 0 Å². The second-order valence-electron chi connectivity index (χ2n) is 6.89. The lowest BCUT2D eigenvalue weighted by atomic mass is 9.92. The van der Waals surface area contributed by atoms with E-state index in [-0.39, 0.29) is 11.8 Å². The van der Waals surface area contributed by atoms with Gasteiger partial charge in [-0.15, -0.1) is 0 Å². The molecule has 0 saturated carbocycles. The molecular weight excluding hydrogens is 344 g/mol. The van der Waals surface area contributed by atoms with Crippen molar-refractivity contribution in [3.63, 3.8) is 0 Å². The van der Waals surface area contributed by atoms with E-state index >= 15 is 0 Å². The summed E-state index contributed by atoms with van der Waals surface area (Å²) in [6.45, 7) is 0.991. The maximum Gasteiger partial charge on any atom is 0.331 e. The van der Waals surface area contributed by atoms with Gasteiger partial charge in [0.2, 0.25) is 5.91 Å². The first kappa shape index (κ1) is 17.3. The van der Waals surface area contributed by atoms with E-state index in [4.69, 9.17) is 0 Å². The molecule has 4 rings (SSSR count). The van der Waals surface area contributed by atoms with E-state index in [2.05, 4.69) is 0 Å². The lowest BCUT2D eigenvalue weighted by molar-refractivity contribution is -0.143. The molecule has 2 aliphatic rings. The second kappa shape index (κ2) is 6.87. The van der Waals surface area contributed by atoms with Gasteiger partial charge < -0.3 is 14.9 Å². The minimum absolute atomic E-state index is 0.0508. The Morgan fingerprint density at radius 2 is 1.81 bits per heavy atom.